The summed E-state index contributed by atoms with van der Waals surface area (Å²) in [5.41, 5.74) is 0.442. The first-order valence-electron chi connectivity index (χ1n) is 3.09. The van der Waals surface area contributed by atoms with Gasteiger partial charge in [0.25, 0.3) is 5.24 Å². The van der Waals surface area contributed by atoms with Crippen LogP contribution in [0.3, 0.4) is 0 Å². The zero-order valence-corrected chi connectivity index (χ0v) is 6.64. The maximum atomic E-state index is 12.5. The van der Waals surface area contributed by atoms with E-state index < -0.39 is 11.1 Å². The largest absolute Gasteiger partial charge is 0.630 e. The zero-order valence-electron chi connectivity index (χ0n) is 5.88. The molecule has 0 bridgehead atoms. The van der Waals surface area contributed by atoms with Gasteiger partial charge in [-0.1, -0.05) is 0 Å². The molecular weight excluding hydrogens is 185 g/mol. The molecule has 0 radical (unpaired) electrons. The summed E-state index contributed by atoms with van der Waals surface area (Å²) >= 11 is 5.09. The van der Waals surface area contributed by atoms with Gasteiger partial charge in [-0.25, -0.2) is 4.39 Å². The highest BCUT2D eigenvalue weighted by molar-refractivity contribution is 6.68. The molecule has 0 spiro atoms. The fraction of sp³-hybridized carbons (Fsp3) is 0. The second-order valence-electron chi connectivity index (χ2n) is 2.12. The Hall–Kier alpha value is -0.970. The lowest BCUT2D eigenvalue weighted by Gasteiger charge is -2.04. The van der Waals surface area contributed by atoms with Crippen LogP contribution in [0.1, 0.15) is 10.4 Å². The van der Waals surface area contributed by atoms with Crippen molar-refractivity contribution >= 4 is 22.5 Å². The van der Waals surface area contributed by atoms with Gasteiger partial charge in [0.15, 0.2) is 0 Å². The van der Waals surface area contributed by atoms with Gasteiger partial charge in [0, 0.05) is 6.07 Å². The minimum Gasteiger partial charge on any atom is -0.630 e. The average Bonchev–Trinajstić information content (AvgIpc) is 2.04. The summed E-state index contributed by atoms with van der Waals surface area (Å²) in [4.78, 5) is 10.6. The number of rotatable bonds is 2. The number of carbonyl (C=O) groups excluding carboxylic acids is 1. The second kappa shape index (κ2) is 3.62. The molecule has 0 saturated heterocycles. The fourth-order valence-corrected chi connectivity index (χ4v) is 0.965. The van der Waals surface area contributed by atoms with E-state index in [1.165, 1.54) is 6.07 Å². The lowest BCUT2D eigenvalue weighted by atomic mass is 10.2. The van der Waals surface area contributed by atoms with Crippen LogP contribution in [-0.4, -0.2) is 5.24 Å². The second-order valence-corrected chi connectivity index (χ2v) is 2.47. The molecule has 0 atom stereocenters. The van der Waals surface area contributed by atoms with E-state index >= 15 is 0 Å². The number of halogens is 2. The molecule has 0 saturated carbocycles. The lowest BCUT2D eigenvalue weighted by molar-refractivity contribution is -0.497. The molecule has 1 aromatic carbocycles. The average molecular weight is 190 g/mol. The van der Waals surface area contributed by atoms with E-state index in [0.717, 1.165) is 12.1 Å². The summed E-state index contributed by atoms with van der Waals surface area (Å²) in [6, 6.07) is 3.23. The van der Waals surface area contributed by atoms with Crippen LogP contribution in [0.4, 0.5) is 10.1 Å². The summed E-state index contributed by atoms with van der Waals surface area (Å²) < 4.78 is 12.5. The normalized spacial score (nSPS) is 9.92. The zero-order chi connectivity index (χ0) is 9.14. The highest BCUT2D eigenvalue weighted by atomic mass is 35.5. The molecule has 0 amide bonds. The van der Waals surface area contributed by atoms with E-state index in [0.29, 0.717) is 5.48 Å². The summed E-state index contributed by atoms with van der Waals surface area (Å²) in [6.45, 7) is 0. The molecule has 5 heteroatoms. The van der Waals surface area contributed by atoms with Crippen molar-refractivity contribution in [2.24, 2.45) is 0 Å². The van der Waals surface area contributed by atoms with Crippen LogP contribution in [0.15, 0.2) is 18.2 Å². The van der Waals surface area contributed by atoms with E-state index in [1.807, 2.05) is 0 Å². The van der Waals surface area contributed by atoms with E-state index in [-0.39, 0.29) is 11.3 Å². The van der Waals surface area contributed by atoms with E-state index in [4.69, 9.17) is 11.6 Å². The highest BCUT2D eigenvalue weighted by Gasteiger charge is 2.10. The van der Waals surface area contributed by atoms with Gasteiger partial charge >= 0.3 is 0 Å². The van der Waals surface area contributed by atoms with Crippen LogP contribution >= 0.6 is 11.6 Å². The molecule has 0 fully saturated rings. The van der Waals surface area contributed by atoms with Gasteiger partial charge < -0.3 is 10.7 Å². The summed E-state index contributed by atoms with van der Waals surface area (Å²) in [5.74, 6) is -0.593. The summed E-state index contributed by atoms with van der Waals surface area (Å²) in [5, 5.41) is 9.47. The minimum atomic E-state index is -0.836. The molecule has 64 valence electrons. The van der Waals surface area contributed by atoms with E-state index in [9.17, 15) is 14.4 Å². The minimum absolute atomic E-state index is 0.0939. The van der Waals surface area contributed by atoms with Gasteiger partial charge in [-0.2, -0.15) is 0 Å². The summed E-state index contributed by atoms with van der Waals surface area (Å²) in [6.07, 6.45) is 0. The first-order chi connectivity index (χ1) is 5.65. The van der Waals surface area contributed by atoms with Crippen LogP contribution in [0.25, 0.3) is 0 Å². The Morgan fingerprint density at radius 3 is 2.75 bits per heavy atom. The van der Waals surface area contributed by atoms with E-state index in [2.05, 4.69) is 0 Å². The van der Waals surface area contributed by atoms with Crippen molar-refractivity contribution in [3.63, 3.8) is 0 Å². The summed E-state index contributed by atoms with van der Waals surface area (Å²) in [7, 11) is 0. The smallest absolute Gasteiger partial charge is 0.258 e. The van der Waals surface area contributed by atoms with Crippen molar-refractivity contribution in [3.05, 3.63) is 34.8 Å². The van der Waals surface area contributed by atoms with E-state index in [1.54, 1.807) is 0 Å². The van der Waals surface area contributed by atoms with Crippen LogP contribution < -0.4 is 5.48 Å². The topological polar surface area (TPSA) is 56.7 Å². The van der Waals surface area contributed by atoms with Crippen molar-refractivity contribution in [1.82, 2.24) is 0 Å². The van der Waals surface area contributed by atoms with Gasteiger partial charge in [0.1, 0.15) is 11.5 Å². The molecule has 12 heavy (non-hydrogen) atoms. The van der Waals surface area contributed by atoms with Gasteiger partial charge in [-0.15, -0.1) is 0 Å². The highest BCUT2D eigenvalue weighted by Crippen LogP contribution is 2.14. The third-order valence-corrected chi connectivity index (χ3v) is 1.56. The Balaban J connectivity index is 3.21. The van der Waals surface area contributed by atoms with Gasteiger partial charge in [0.05, 0.1) is 5.56 Å². The molecule has 0 heterocycles. The quantitative estimate of drug-likeness (QED) is 0.427. The molecule has 0 aliphatic heterocycles. The first kappa shape index (κ1) is 9.12. The number of hydrogen-bond acceptors (Lipinski definition) is 2. The predicted molar refractivity (Wildman–Crippen MR) is 41.5 cm³/mol. The SMILES string of the molecule is O=C(Cl)c1cc(F)ccc1[NH2+][O-]. The Morgan fingerprint density at radius 2 is 2.25 bits per heavy atom. The molecule has 3 nitrogen and oxygen atoms in total. The fourth-order valence-electron chi connectivity index (χ4n) is 0.801. The van der Waals surface area contributed by atoms with Gasteiger partial charge in [0.2, 0.25) is 0 Å². The lowest BCUT2D eigenvalue weighted by Crippen LogP contribution is -2.70. The van der Waals surface area contributed by atoms with Gasteiger partial charge in [-0.3, -0.25) is 4.79 Å². The standard InChI is InChI=1S/C7H5ClFNO2/c8-7(11)5-3-4(9)1-2-6(5)10-12/h1-3H,10H2. The van der Waals surface area contributed by atoms with Gasteiger partial charge in [-0.05, 0) is 23.7 Å². The van der Waals surface area contributed by atoms with Crippen molar-refractivity contribution in [2.75, 3.05) is 0 Å². The van der Waals surface area contributed by atoms with Crippen molar-refractivity contribution in [1.29, 1.82) is 0 Å². The molecule has 0 aromatic heterocycles. The molecule has 2 N–H and O–H groups in total. The molecule has 0 aliphatic rings. The van der Waals surface area contributed by atoms with Crippen molar-refractivity contribution < 1.29 is 14.7 Å². The Labute approximate surface area is 72.7 Å². The van der Waals surface area contributed by atoms with Crippen molar-refractivity contribution in [3.8, 4) is 0 Å². The number of carbonyl (C=O) groups is 1. The maximum absolute atomic E-state index is 12.5. The number of benzene rings is 1. The van der Waals surface area contributed by atoms with Crippen molar-refractivity contribution in [2.45, 2.75) is 0 Å². The number of nitrogens with two attached hydrogens (primary N) is 1. The molecule has 1 aromatic rings. The number of quaternary nitrogens is 1. The third kappa shape index (κ3) is 1.79. The Morgan fingerprint density at radius 1 is 1.58 bits per heavy atom. The molecule has 0 unspecified atom stereocenters. The third-order valence-electron chi connectivity index (χ3n) is 1.35. The first-order valence-corrected chi connectivity index (χ1v) is 3.47. The van der Waals surface area contributed by atoms with Crippen LogP contribution in [0.2, 0.25) is 0 Å². The molecular formula is C7H5ClFNO2. The molecule has 0 aliphatic carbocycles. The van der Waals surface area contributed by atoms with Crippen LogP contribution in [0.5, 0.6) is 0 Å². The predicted octanol–water partition coefficient (Wildman–Crippen LogP) is 0.897. The Kier molecular flexibility index (Phi) is 2.75. The Bertz CT molecular complexity index is 316. The number of hydrogen-bond donors (Lipinski definition) is 1. The van der Waals surface area contributed by atoms with Crippen LogP contribution in [0, 0.1) is 11.0 Å². The maximum Gasteiger partial charge on any atom is 0.258 e. The monoisotopic (exact) mass is 189 g/mol. The van der Waals surface area contributed by atoms with Crippen LogP contribution in [-0.2, 0) is 0 Å². The molecule has 1 rings (SSSR count).